The van der Waals surface area contributed by atoms with Crippen molar-refractivity contribution in [1.82, 2.24) is 14.3 Å². The maximum absolute atomic E-state index is 11.3. The van der Waals surface area contributed by atoms with Gasteiger partial charge in [-0.25, -0.2) is 4.79 Å². The van der Waals surface area contributed by atoms with E-state index in [1.165, 1.54) is 12.3 Å². The monoisotopic (exact) mass is 247 g/mol. The highest BCUT2D eigenvalue weighted by atomic mass is 16.4. The Balaban J connectivity index is 2.26. The fraction of sp³-hybridized carbons (Fsp3) is 0.250. The Labute approximate surface area is 103 Å². The SMILES string of the molecule is CCn1cc(Cn2ccc(=O)c(C(=O)O)c2)cn1. The van der Waals surface area contributed by atoms with Gasteiger partial charge in [0.25, 0.3) is 0 Å². The molecule has 0 saturated heterocycles. The van der Waals surface area contributed by atoms with Crippen molar-refractivity contribution in [3.05, 3.63) is 52.2 Å². The van der Waals surface area contributed by atoms with Gasteiger partial charge in [-0.05, 0) is 6.92 Å². The molecular formula is C12H13N3O3. The fourth-order valence-electron chi connectivity index (χ4n) is 1.66. The van der Waals surface area contributed by atoms with Crippen LogP contribution in [-0.4, -0.2) is 25.4 Å². The summed E-state index contributed by atoms with van der Waals surface area (Å²) >= 11 is 0. The number of aryl methyl sites for hydroxylation is 1. The van der Waals surface area contributed by atoms with Gasteiger partial charge in [0, 0.05) is 36.8 Å². The molecule has 1 N–H and O–H groups in total. The highest BCUT2D eigenvalue weighted by Crippen LogP contribution is 2.02. The number of pyridine rings is 1. The Morgan fingerprint density at radius 1 is 1.44 bits per heavy atom. The number of carbonyl (C=O) groups is 1. The maximum Gasteiger partial charge on any atom is 0.341 e. The van der Waals surface area contributed by atoms with E-state index in [0.29, 0.717) is 6.54 Å². The van der Waals surface area contributed by atoms with E-state index in [2.05, 4.69) is 5.10 Å². The summed E-state index contributed by atoms with van der Waals surface area (Å²) in [4.78, 5) is 22.2. The number of rotatable bonds is 4. The van der Waals surface area contributed by atoms with Crippen LogP contribution in [-0.2, 0) is 13.1 Å². The minimum Gasteiger partial charge on any atom is -0.477 e. The lowest BCUT2D eigenvalue weighted by molar-refractivity contribution is 0.0694. The lowest BCUT2D eigenvalue weighted by Gasteiger charge is -2.04. The molecule has 0 aromatic carbocycles. The molecule has 6 heteroatoms. The molecular weight excluding hydrogens is 234 g/mol. The Morgan fingerprint density at radius 3 is 2.83 bits per heavy atom. The number of aromatic carboxylic acids is 1. The number of carboxylic acids is 1. The summed E-state index contributed by atoms with van der Waals surface area (Å²) in [5.74, 6) is -1.21. The van der Waals surface area contributed by atoms with Crippen LogP contribution in [0.25, 0.3) is 0 Å². The van der Waals surface area contributed by atoms with Gasteiger partial charge in [0.05, 0.1) is 12.7 Å². The molecule has 0 bridgehead atoms. The van der Waals surface area contributed by atoms with Gasteiger partial charge >= 0.3 is 5.97 Å². The zero-order valence-electron chi connectivity index (χ0n) is 9.91. The molecule has 2 rings (SSSR count). The van der Waals surface area contributed by atoms with Crippen molar-refractivity contribution < 1.29 is 9.90 Å². The number of carboxylic acid groups (broad SMARTS) is 1. The second-order valence-corrected chi connectivity index (χ2v) is 3.90. The second kappa shape index (κ2) is 4.87. The van der Waals surface area contributed by atoms with Crippen LogP contribution >= 0.6 is 0 Å². The molecule has 0 aliphatic heterocycles. The van der Waals surface area contributed by atoms with Gasteiger partial charge in [0.15, 0.2) is 5.43 Å². The molecule has 6 nitrogen and oxygen atoms in total. The lowest BCUT2D eigenvalue weighted by Crippen LogP contribution is -2.16. The zero-order valence-corrected chi connectivity index (χ0v) is 9.91. The smallest absolute Gasteiger partial charge is 0.341 e. The summed E-state index contributed by atoms with van der Waals surface area (Å²) in [5.41, 5.74) is 0.250. The summed E-state index contributed by atoms with van der Waals surface area (Å²) in [7, 11) is 0. The Kier molecular flexibility index (Phi) is 3.27. The van der Waals surface area contributed by atoms with Crippen LogP contribution in [0.4, 0.5) is 0 Å². The predicted octanol–water partition coefficient (Wildman–Crippen LogP) is 0.811. The molecule has 0 amide bonds. The maximum atomic E-state index is 11.3. The van der Waals surface area contributed by atoms with Crippen LogP contribution < -0.4 is 5.43 Å². The van der Waals surface area contributed by atoms with Crippen LogP contribution in [0.1, 0.15) is 22.8 Å². The third-order valence-corrected chi connectivity index (χ3v) is 2.58. The van der Waals surface area contributed by atoms with Gasteiger partial charge in [-0.2, -0.15) is 5.10 Å². The molecule has 0 unspecified atom stereocenters. The molecule has 0 saturated carbocycles. The van der Waals surface area contributed by atoms with E-state index >= 15 is 0 Å². The Morgan fingerprint density at radius 2 is 2.22 bits per heavy atom. The first-order valence-corrected chi connectivity index (χ1v) is 5.55. The lowest BCUT2D eigenvalue weighted by atomic mass is 10.2. The number of nitrogens with zero attached hydrogens (tertiary/aromatic N) is 3. The molecule has 0 radical (unpaired) electrons. The van der Waals surface area contributed by atoms with Crippen molar-refractivity contribution in [1.29, 1.82) is 0 Å². The number of hydrogen-bond donors (Lipinski definition) is 1. The first-order valence-electron chi connectivity index (χ1n) is 5.55. The molecule has 18 heavy (non-hydrogen) atoms. The van der Waals surface area contributed by atoms with Crippen LogP contribution in [0.3, 0.4) is 0 Å². The number of hydrogen-bond acceptors (Lipinski definition) is 3. The van der Waals surface area contributed by atoms with E-state index in [0.717, 1.165) is 12.1 Å². The van der Waals surface area contributed by atoms with Gasteiger partial charge < -0.3 is 9.67 Å². The minimum absolute atomic E-state index is 0.222. The molecule has 0 aliphatic carbocycles. The number of aromatic nitrogens is 3. The summed E-state index contributed by atoms with van der Waals surface area (Å²) in [5, 5.41) is 13.0. The third kappa shape index (κ3) is 2.48. The van der Waals surface area contributed by atoms with E-state index in [1.54, 1.807) is 21.6 Å². The predicted molar refractivity (Wildman–Crippen MR) is 64.7 cm³/mol. The topological polar surface area (TPSA) is 77.1 Å². The van der Waals surface area contributed by atoms with Crippen molar-refractivity contribution in [3.8, 4) is 0 Å². The van der Waals surface area contributed by atoms with Crippen LogP contribution in [0.15, 0.2) is 35.6 Å². The molecule has 94 valence electrons. The quantitative estimate of drug-likeness (QED) is 0.867. The molecule has 0 spiro atoms. The highest BCUT2D eigenvalue weighted by molar-refractivity contribution is 5.86. The van der Waals surface area contributed by atoms with Crippen molar-refractivity contribution in [2.75, 3.05) is 0 Å². The highest BCUT2D eigenvalue weighted by Gasteiger charge is 2.08. The second-order valence-electron chi connectivity index (χ2n) is 3.90. The summed E-state index contributed by atoms with van der Waals surface area (Å²) in [6.45, 7) is 3.25. The third-order valence-electron chi connectivity index (χ3n) is 2.58. The van der Waals surface area contributed by atoms with Gasteiger partial charge in [-0.3, -0.25) is 9.48 Å². The normalized spacial score (nSPS) is 10.5. The summed E-state index contributed by atoms with van der Waals surface area (Å²) in [6, 6.07) is 1.26. The van der Waals surface area contributed by atoms with E-state index in [-0.39, 0.29) is 5.56 Å². The fourth-order valence-corrected chi connectivity index (χ4v) is 1.66. The van der Waals surface area contributed by atoms with E-state index in [9.17, 15) is 9.59 Å². The van der Waals surface area contributed by atoms with Crippen LogP contribution in [0.5, 0.6) is 0 Å². The first-order chi connectivity index (χ1) is 8.60. The van der Waals surface area contributed by atoms with Crippen molar-refractivity contribution in [2.45, 2.75) is 20.0 Å². The molecule has 2 aromatic heterocycles. The van der Waals surface area contributed by atoms with E-state index in [4.69, 9.17) is 5.11 Å². The largest absolute Gasteiger partial charge is 0.477 e. The molecule has 0 atom stereocenters. The van der Waals surface area contributed by atoms with E-state index < -0.39 is 11.4 Å². The molecule has 0 fully saturated rings. The minimum atomic E-state index is -1.21. The Hall–Kier alpha value is -2.37. The average molecular weight is 247 g/mol. The van der Waals surface area contributed by atoms with Gasteiger partial charge in [0.2, 0.25) is 0 Å². The first kappa shape index (κ1) is 12.1. The zero-order chi connectivity index (χ0) is 13.1. The van der Waals surface area contributed by atoms with Crippen LogP contribution in [0.2, 0.25) is 0 Å². The van der Waals surface area contributed by atoms with Gasteiger partial charge in [-0.15, -0.1) is 0 Å². The summed E-state index contributed by atoms with van der Waals surface area (Å²) < 4.78 is 3.44. The molecule has 2 aromatic rings. The summed E-state index contributed by atoms with van der Waals surface area (Å²) in [6.07, 6.45) is 6.52. The standard InChI is InChI=1S/C12H13N3O3/c1-2-15-7-9(5-13-15)6-14-4-3-11(16)10(8-14)12(17)18/h3-5,7-8H,2,6H2,1H3,(H,17,18). The molecule has 0 aliphatic rings. The Bertz CT molecular complexity index is 627. The van der Waals surface area contributed by atoms with E-state index in [1.807, 2.05) is 13.1 Å². The van der Waals surface area contributed by atoms with Crippen molar-refractivity contribution >= 4 is 5.97 Å². The van der Waals surface area contributed by atoms with Crippen molar-refractivity contribution in [2.24, 2.45) is 0 Å². The van der Waals surface area contributed by atoms with Crippen LogP contribution in [0, 0.1) is 0 Å². The molecule has 2 heterocycles. The average Bonchev–Trinajstić information content (AvgIpc) is 2.79. The van der Waals surface area contributed by atoms with Gasteiger partial charge in [0.1, 0.15) is 5.56 Å². The van der Waals surface area contributed by atoms with Gasteiger partial charge in [-0.1, -0.05) is 0 Å². The van der Waals surface area contributed by atoms with Crippen molar-refractivity contribution in [3.63, 3.8) is 0 Å².